The Morgan fingerprint density at radius 3 is 2.47 bits per heavy atom. The molecule has 2 rings (SSSR count). The maximum atomic E-state index is 5.20. The van der Waals surface area contributed by atoms with Gasteiger partial charge in [0.25, 0.3) is 0 Å². The molecule has 0 bridgehead atoms. The monoisotopic (exact) mass is 230 g/mol. The largest absolute Gasteiger partial charge is 0.497 e. The average molecular weight is 230 g/mol. The molecule has 0 saturated carbocycles. The zero-order valence-electron chi connectivity index (χ0n) is 10.5. The van der Waals surface area contributed by atoms with Crippen LogP contribution in [0.4, 0.5) is 0 Å². The fourth-order valence-electron chi connectivity index (χ4n) is 1.87. The molecule has 0 spiro atoms. The van der Waals surface area contributed by atoms with Crippen molar-refractivity contribution in [1.82, 2.24) is 4.68 Å². The number of nitrogens with one attached hydrogen (secondary N) is 1. The topological polar surface area (TPSA) is 26.2 Å². The van der Waals surface area contributed by atoms with Gasteiger partial charge in [0, 0.05) is 11.4 Å². The van der Waals surface area contributed by atoms with Gasteiger partial charge in [-0.05, 0) is 43.7 Å². The van der Waals surface area contributed by atoms with E-state index in [0.29, 0.717) is 0 Å². The Balaban J connectivity index is 2.07. The summed E-state index contributed by atoms with van der Waals surface area (Å²) in [5, 5.41) is 0. The van der Waals surface area contributed by atoms with Gasteiger partial charge >= 0.3 is 0 Å². The highest BCUT2D eigenvalue weighted by atomic mass is 16.5. The third-order valence-electron chi connectivity index (χ3n) is 2.85. The molecule has 0 radical (unpaired) electrons. The van der Waals surface area contributed by atoms with Crippen molar-refractivity contribution in [2.45, 2.75) is 20.4 Å². The third-order valence-corrected chi connectivity index (χ3v) is 2.85. The first-order valence-electron chi connectivity index (χ1n) is 5.72. The van der Waals surface area contributed by atoms with Gasteiger partial charge in [0.15, 0.2) is 0 Å². The van der Waals surface area contributed by atoms with E-state index >= 15 is 0 Å². The number of hydrogen-bond acceptors (Lipinski definition) is 2. The van der Waals surface area contributed by atoms with Gasteiger partial charge in [-0.25, -0.2) is 0 Å². The molecule has 0 aliphatic rings. The summed E-state index contributed by atoms with van der Waals surface area (Å²) in [7, 11) is 1.69. The third kappa shape index (κ3) is 2.61. The van der Waals surface area contributed by atoms with E-state index < -0.39 is 0 Å². The molecule has 0 unspecified atom stereocenters. The van der Waals surface area contributed by atoms with E-state index in [1.807, 2.05) is 18.2 Å². The van der Waals surface area contributed by atoms with Crippen molar-refractivity contribution in [3.8, 4) is 5.75 Å². The molecule has 0 fully saturated rings. The maximum absolute atomic E-state index is 5.20. The number of rotatable bonds is 4. The maximum Gasteiger partial charge on any atom is 0.119 e. The van der Waals surface area contributed by atoms with Crippen LogP contribution in [0.25, 0.3) is 0 Å². The van der Waals surface area contributed by atoms with Crippen LogP contribution in [0, 0.1) is 13.8 Å². The van der Waals surface area contributed by atoms with E-state index in [-0.39, 0.29) is 0 Å². The number of benzene rings is 1. The molecule has 1 heterocycles. The molecular formula is C14H18N2O. The summed E-state index contributed by atoms with van der Waals surface area (Å²) in [6.07, 6.45) is 0. The van der Waals surface area contributed by atoms with Crippen LogP contribution in [0.2, 0.25) is 0 Å². The molecule has 0 aliphatic carbocycles. The number of nitrogens with zero attached hydrogens (tertiary/aromatic N) is 1. The molecule has 90 valence electrons. The standard InChI is InChI=1S/C14H18N2O/c1-11-7-8-12(2)16(11)15-10-13-5-4-6-14(9-13)17-3/h4-9,15H,10H2,1-3H3. The van der Waals surface area contributed by atoms with Crippen molar-refractivity contribution < 1.29 is 4.74 Å². The van der Waals surface area contributed by atoms with Gasteiger partial charge in [-0.15, -0.1) is 0 Å². The molecule has 0 amide bonds. The molecule has 1 N–H and O–H groups in total. The van der Waals surface area contributed by atoms with E-state index in [1.54, 1.807) is 7.11 Å². The molecule has 0 aliphatic heterocycles. The number of methoxy groups -OCH3 is 1. The molecule has 1 aromatic heterocycles. The predicted molar refractivity (Wildman–Crippen MR) is 70.0 cm³/mol. The van der Waals surface area contributed by atoms with Crippen molar-refractivity contribution in [2.24, 2.45) is 0 Å². The van der Waals surface area contributed by atoms with Crippen molar-refractivity contribution >= 4 is 0 Å². The van der Waals surface area contributed by atoms with Gasteiger partial charge in [-0.2, -0.15) is 0 Å². The highest BCUT2D eigenvalue weighted by molar-refractivity contribution is 5.29. The van der Waals surface area contributed by atoms with Gasteiger partial charge in [0.1, 0.15) is 5.75 Å². The zero-order valence-corrected chi connectivity index (χ0v) is 10.5. The molecule has 17 heavy (non-hydrogen) atoms. The van der Waals surface area contributed by atoms with Crippen LogP contribution in [0.3, 0.4) is 0 Å². The molecule has 1 aromatic carbocycles. The quantitative estimate of drug-likeness (QED) is 0.874. The van der Waals surface area contributed by atoms with E-state index in [2.05, 4.69) is 42.1 Å². The second-order valence-electron chi connectivity index (χ2n) is 4.14. The molecule has 3 nitrogen and oxygen atoms in total. The Labute approximate surface area is 102 Å². The van der Waals surface area contributed by atoms with E-state index in [9.17, 15) is 0 Å². The van der Waals surface area contributed by atoms with Crippen LogP contribution >= 0.6 is 0 Å². The number of aromatic nitrogens is 1. The minimum atomic E-state index is 0.785. The lowest BCUT2D eigenvalue weighted by Gasteiger charge is -2.13. The van der Waals surface area contributed by atoms with Gasteiger partial charge in [0.05, 0.1) is 13.7 Å². The van der Waals surface area contributed by atoms with Crippen LogP contribution in [0.5, 0.6) is 5.75 Å². The zero-order chi connectivity index (χ0) is 12.3. The van der Waals surface area contributed by atoms with Crippen LogP contribution in [0.15, 0.2) is 36.4 Å². The van der Waals surface area contributed by atoms with E-state index in [1.165, 1.54) is 17.0 Å². The van der Waals surface area contributed by atoms with Gasteiger partial charge in [-0.3, -0.25) is 4.68 Å². The minimum Gasteiger partial charge on any atom is -0.497 e. The SMILES string of the molecule is COc1cccc(CNn2c(C)ccc2C)c1. The first-order chi connectivity index (χ1) is 8.20. The Morgan fingerprint density at radius 2 is 1.82 bits per heavy atom. The number of aryl methyl sites for hydroxylation is 2. The Morgan fingerprint density at radius 1 is 1.12 bits per heavy atom. The molecule has 2 aromatic rings. The Hall–Kier alpha value is -1.90. The Kier molecular flexibility index (Phi) is 3.38. The van der Waals surface area contributed by atoms with Crippen molar-refractivity contribution in [1.29, 1.82) is 0 Å². The lowest BCUT2D eigenvalue weighted by Crippen LogP contribution is -2.16. The van der Waals surface area contributed by atoms with Crippen LogP contribution in [0.1, 0.15) is 17.0 Å². The summed E-state index contributed by atoms with van der Waals surface area (Å²) in [5.41, 5.74) is 7.02. The van der Waals surface area contributed by atoms with Crippen LogP contribution in [-0.4, -0.2) is 11.8 Å². The predicted octanol–water partition coefficient (Wildman–Crippen LogP) is 2.86. The van der Waals surface area contributed by atoms with Crippen molar-refractivity contribution in [3.05, 3.63) is 53.3 Å². The van der Waals surface area contributed by atoms with Crippen LogP contribution in [-0.2, 0) is 6.54 Å². The van der Waals surface area contributed by atoms with Gasteiger partial charge in [-0.1, -0.05) is 12.1 Å². The summed E-state index contributed by atoms with van der Waals surface area (Å²) >= 11 is 0. The summed E-state index contributed by atoms with van der Waals surface area (Å²) in [4.78, 5) is 0. The first kappa shape index (κ1) is 11.6. The van der Waals surface area contributed by atoms with Gasteiger partial charge in [0.2, 0.25) is 0 Å². The molecular weight excluding hydrogens is 212 g/mol. The molecule has 0 atom stereocenters. The average Bonchev–Trinajstić information content (AvgIpc) is 2.67. The second-order valence-corrected chi connectivity index (χ2v) is 4.14. The second kappa shape index (κ2) is 4.95. The first-order valence-corrected chi connectivity index (χ1v) is 5.72. The molecule has 3 heteroatoms. The van der Waals surface area contributed by atoms with Crippen molar-refractivity contribution in [2.75, 3.05) is 12.5 Å². The van der Waals surface area contributed by atoms with Gasteiger partial charge < -0.3 is 10.2 Å². The fourth-order valence-corrected chi connectivity index (χ4v) is 1.87. The normalized spacial score (nSPS) is 10.3. The summed E-state index contributed by atoms with van der Waals surface area (Å²) in [5.74, 6) is 0.894. The summed E-state index contributed by atoms with van der Waals surface area (Å²) in [6, 6.07) is 12.3. The van der Waals surface area contributed by atoms with E-state index in [0.717, 1.165) is 12.3 Å². The summed E-state index contributed by atoms with van der Waals surface area (Å²) in [6.45, 7) is 4.96. The van der Waals surface area contributed by atoms with E-state index in [4.69, 9.17) is 4.74 Å². The minimum absolute atomic E-state index is 0.785. The summed E-state index contributed by atoms with van der Waals surface area (Å²) < 4.78 is 7.30. The highest BCUT2D eigenvalue weighted by Crippen LogP contribution is 2.13. The lowest BCUT2D eigenvalue weighted by molar-refractivity contribution is 0.414. The fraction of sp³-hybridized carbons (Fsp3) is 0.286. The van der Waals surface area contributed by atoms with Crippen molar-refractivity contribution in [3.63, 3.8) is 0 Å². The number of ether oxygens (including phenoxy) is 1. The number of hydrogen-bond donors (Lipinski definition) is 1. The van der Waals surface area contributed by atoms with Crippen LogP contribution < -0.4 is 10.2 Å². The molecule has 0 saturated heterocycles. The lowest BCUT2D eigenvalue weighted by atomic mass is 10.2. The Bertz CT molecular complexity index is 483. The highest BCUT2D eigenvalue weighted by Gasteiger charge is 2.00. The smallest absolute Gasteiger partial charge is 0.119 e.